The monoisotopic (exact) mass is 480 g/mol. The van der Waals surface area contributed by atoms with E-state index in [4.69, 9.17) is 16.3 Å². The average Bonchev–Trinajstić information content (AvgIpc) is 3.32. The number of rotatable bonds is 4. The summed E-state index contributed by atoms with van der Waals surface area (Å²) in [4.78, 5) is 33.3. The van der Waals surface area contributed by atoms with Gasteiger partial charge in [-0.15, -0.1) is 0 Å². The first kappa shape index (κ1) is 21.9. The second-order valence-corrected chi connectivity index (χ2v) is 8.00. The molecule has 1 atom stereocenters. The fourth-order valence-corrected chi connectivity index (χ4v) is 4.31. The van der Waals surface area contributed by atoms with Crippen LogP contribution in [0.1, 0.15) is 28.4 Å². The molecule has 1 unspecified atom stereocenters. The molecular formula is C24H18ClFN4O4. The number of fused-ring (bicyclic) bond motifs is 2. The maximum absolute atomic E-state index is 15.0. The van der Waals surface area contributed by atoms with Crippen molar-refractivity contribution in [2.24, 2.45) is 0 Å². The van der Waals surface area contributed by atoms with Crippen LogP contribution in [-0.2, 0) is 10.5 Å². The molecule has 0 fully saturated rings. The zero-order valence-corrected chi connectivity index (χ0v) is 18.6. The van der Waals surface area contributed by atoms with Crippen molar-refractivity contribution < 1.29 is 23.8 Å². The number of anilines is 2. The third-order valence-electron chi connectivity index (χ3n) is 5.61. The number of nitrogens with zero attached hydrogens (tertiary/aromatic N) is 2. The number of carbonyl (C=O) groups is 2. The Morgan fingerprint density at radius 1 is 1.24 bits per heavy atom. The second kappa shape index (κ2) is 8.12. The number of amides is 2. The number of carbonyl (C=O) groups excluding carboxylic acids is 2. The van der Waals surface area contributed by atoms with Crippen molar-refractivity contribution in [2.45, 2.75) is 12.6 Å². The minimum Gasteiger partial charge on any atom is -0.450 e. The number of hydrogen-bond donors (Lipinski definition) is 3. The summed E-state index contributed by atoms with van der Waals surface area (Å²) < 4.78 is 19.9. The third kappa shape index (κ3) is 3.28. The van der Waals surface area contributed by atoms with Gasteiger partial charge in [0.05, 0.1) is 28.4 Å². The number of nitrogens with one attached hydrogen (secondary N) is 2. The van der Waals surface area contributed by atoms with Crippen LogP contribution >= 0.6 is 11.6 Å². The number of halogens is 2. The van der Waals surface area contributed by atoms with Crippen molar-refractivity contribution in [1.82, 2.24) is 9.97 Å². The van der Waals surface area contributed by atoms with Crippen LogP contribution in [0.4, 0.5) is 20.8 Å². The van der Waals surface area contributed by atoms with Crippen molar-refractivity contribution in [3.05, 3.63) is 88.2 Å². The number of ether oxygens (including phenoxy) is 1. The number of aliphatic hydroxyl groups is 1. The van der Waals surface area contributed by atoms with E-state index in [0.717, 1.165) is 4.90 Å². The zero-order chi connectivity index (χ0) is 24.0. The Balaban J connectivity index is 1.66. The number of hydrogen-bond acceptors (Lipinski definition) is 5. The maximum atomic E-state index is 15.0. The molecular weight excluding hydrogens is 463 g/mol. The topological polar surface area (TPSA) is 108 Å². The number of imidazole rings is 1. The van der Waals surface area contributed by atoms with Gasteiger partial charge in [0.1, 0.15) is 0 Å². The van der Waals surface area contributed by atoms with Gasteiger partial charge in [-0.3, -0.25) is 15.0 Å². The van der Waals surface area contributed by atoms with Gasteiger partial charge in [-0.05, 0) is 37.3 Å². The van der Waals surface area contributed by atoms with E-state index in [0.29, 0.717) is 16.6 Å². The van der Waals surface area contributed by atoms with Crippen LogP contribution in [0, 0.1) is 5.82 Å². The van der Waals surface area contributed by atoms with E-state index in [-0.39, 0.29) is 34.4 Å². The molecule has 0 bridgehead atoms. The highest BCUT2D eigenvalue weighted by atomic mass is 35.5. The molecule has 10 heteroatoms. The van der Waals surface area contributed by atoms with Crippen LogP contribution in [-0.4, -0.2) is 33.7 Å². The Hall–Kier alpha value is -3.95. The van der Waals surface area contributed by atoms with E-state index >= 15 is 4.39 Å². The lowest BCUT2D eigenvalue weighted by atomic mass is 9.93. The first-order valence-corrected chi connectivity index (χ1v) is 10.8. The van der Waals surface area contributed by atoms with Crippen LogP contribution in [0.25, 0.3) is 11.0 Å². The number of H-pyrrole nitrogens is 1. The third-order valence-corrected chi connectivity index (χ3v) is 5.90. The standard InChI is InChI=1S/C24H18ClFN4O4/c1-2-34-23(32)29-22-27-17-11-10-13(12-18(17)28-22)24(33)15-7-4-3-6-14(15)21(31)30(24)19-9-5-8-16(25)20(19)26/h3-12,33H,2H2,1H3,(H2,27,28,29,32). The lowest BCUT2D eigenvalue weighted by Crippen LogP contribution is -2.45. The summed E-state index contributed by atoms with van der Waals surface area (Å²) in [7, 11) is 0. The normalized spacial score (nSPS) is 17.2. The van der Waals surface area contributed by atoms with Crippen LogP contribution in [0.3, 0.4) is 0 Å². The Morgan fingerprint density at radius 3 is 2.82 bits per heavy atom. The number of aromatic nitrogens is 2. The predicted octanol–water partition coefficient (Wildman–Crippen LogP) is 4.78. The zero-order valence-electron chi connectivity index (χ0n) is 17.8. The molecule has 34 heavy (non-hydrogen) atoms. The van der Waals surface area contributed by atoms with Crippen molar-refractivity contribution in [1.29, 1.82) is 0 Å². The molecule has 0 saturated heterocycles. The molecule has 0 aliphatic carbocycles. The highest BCUT2D eigenvalue weighted by Crippen LogP contribution is 2.46. The molecule has 2 amide bonds. The molecule has 1 aromatic heterocycles. The quantitative estimate of drug-likeness (QED) is 0.389. The lowest BCUT2D eigenvalue weighted by Gasteiger charge is -2.35. The van der Waals surface area contributed by atoms with Gasteiger partial charge >= 0.3 is 6.09 Å². The van der Waals surface area contributed by atoms with E-state index in [1.165, 1.54) is 18.2 Å². The van der Waals surface area contributed by atoms with E-state index in [1.807, 2.05) is 0 Å². The minimum absolute atomic E-state index is 0.151. The Kier molecular flexibility index (Phi) is 5.22. The van der Waals surface area contributed by atoms with Crippen LogP contribution in [0.2, 0.25) is 5.02 Å². The van der Waals surface area contributed by atoms with Gasteiger partial charge < -0.3 is 14.8 Å². The van der Waals surface area contributed by atoms with Crippen LogP contribution in [0.5, 0.6) is 0 Å². The summed E-state index contributed by atoms with van der Waals surface area (Å²) in [5, 5.41) is 14.4. The summed E-state index contributed by atoms with van der Waals surface area (Å²) in [5.74, 6) is -1.25. The fourth-order valence-electron chi connectivity index (χ4n) is 4.14. The molecule has 0 spiro atoms. The van der Waals surface area contributed by atoms with E-state index in [1.54, 1.807) is 49.4 Å². The molecule has 0 radical (unpaired) electrons. The van der Waals surface area contributed by atoms with Crippen LogP contribution < -0.4 is 10.2 Å². The Bertz CT molecular complexity index is 1460. The van der Waals surface area contributed by atoms with Crippen molar-refractivity contribution in [3.8, 4) is 0 Å². The fraction of sp³-hybridized carbons (Fsp3) is 0.125. The van der Waals surface area contributed by atoms with Crippen molar-refractivity contribution >= 4 is 46.3 Å². The van der Waals surface area contributed by atoms with Gasteiger partial charge in [0.25, 0.3) is 5.91 Å². The molecule has 1 aliphatic rings. The summed E-state index contributed by atoms with van der Waals surface area (Å²) >= 11 is 5.98. The smallest absolute Gasteiger partial charge is 0.413 e. The SMILES string of the molecule is CCOC(=O)Nc1nc2ccc(C3(O)c4ccccc4C(=O)N3c3cccc(Cl)c3F)cc2[nH]1. The number of benzene rings is 3. The molecule has 0 saturated carbocycles. The summed E-state index contributed by atoms with van der Waals surface area (Å²) in [6.07, 6.45) is -0.668. The minimum atomic E-state index is -2.03. The molecule has 5 rings (SSSR count). The molecule has 4 aromatic rings. The number of aromatic amines is 1. The van der Waals surface area contributed by atoms with Gasteiger partial charge in [0, 0.05) is 16.7 Å². The largest absolute Gasteiger partial charge is 0.450 e. The average molecular weight is 481 g/mol. The molecule has 172 valence electrons. The van der Waals surface area contributed by atoms with E-state index in [9.17, 15) is 14.7 Å². The molecule has 3 aromatic carbocycles. The van der Waals surface area contributed by atoms with Gasteiger partial charge in [-0.1, -0.05) is 41.9 Å². The predicted molar refractivity (Wildman–Crippen MR) is 124 cm³/mol. The highest BCUT2D eigenvalue weighted by molar-refractivity contribution is 6.31. The van der Waals surface area contributed by atoms with Crippen molar-refractivity contribution in [3.63, 3.8) is 0 Å². The molecule has 3 N–H and O–H groups in total. The maximum Gasteiger partial charge on any atom is 0.413 e. The van der Waals surface area contributed by atoms with Crippen LogP contribution in [0.15, 0.2) is 60.7 Å². The summed E-state index contributed by atoms with van der Waals surface area (Å²) in [6.45, 7) is 1.88. The first-order valence-electron chi connectivity index (χ1n) is 10.4. The Labute approximate surface area is 197 Å². The molecule has 2 heterocycles. The molecule has 1 aliphatic heterocycles. The summed E-state index contributed by atoms with van der Waals surface area (Å²) in [6, 6.07) is 15.6. The first-order chi connectivity index (χ1) is 16.3. The van der Waals surface area contributed by atoms with Gasteiger partial charge in [0.2, 0.25) is 5.95 Å². The molecule has 8 nitrogen and oxygen atoms in total. The van der Waals surface area contributed by atoms with Gasteiger partial charge in [-0.2, -0.15) is 0 Å². The van der Waals surface area contributed by atoms with E-state index < -0.39 is 23.5 Å². The Morgan fingerprint density at radius 2 is 2.03 bits per heavy atom. The lowest BCUT2D eigenvalue weighted by molar-refractivity contribution is 0.0699. The highest BCUT2D eigenvalue weighted by Gasteiger charge is 2.51. The second-order valence-electron chi connectivity index (χ2n) is 7.59. The van der Waals surface area contributed by atoms with Crippen molar-refractivity contribution in [2.75, 3.05) is 16.8 Å². The van der Waals surface area contributed by atoms with Gasteiger partial charge in [-0.25, -0.2) is 14.2 Å². The van der Waals surface area contributed by atoms with E-state index in [2.05, 4.69) is 15.3 Å². The van der Waals surface area contributed by atoms with Gasteiger partial charge in [0.15, 0.2) is 11.5 Å². The summed E-state index contributed by atoms with van der Waals surface area (Å²) in [5.41, 5.74) is -0.414.